The van der Waals surface area contributed by atoms with E-state index in [-0.39, 0.29) is 18.1 Å². The minimum absolute atomic E-state index is 0.00778. The summed E-state index contributed by atoms with van der Waals surface area (Å²) in [4.78, 5) is 13.7. The van der Waals surface area contributed by atoms with Gasteiger partial charge in [0.25, 0.3) is 0 Å². The number of nitrogens with one attached hydrogen (secondary N) is 1. The van der Waals surface area contributed by atoms with Gasteiger partial charge in [-0.3, -0.25) is 10.1 Å². The predicted octanol–water partition coefficient (Wildman–Crippen LogP) is 1.30. The van der Waals surface area contributed by atoms with E-state index in [0.29, 0.717) is 0 Å². The fourth-order valence-electron chi connectivity index (χ4n) is 1.82. The van der Waals surface area contributed by atoms with Crippen LogP contribution < -0.4 is 5.32 Å². The third kappa shape index (κ3) is 2.64. The molecule has 2 unspecified atom stereocenters. The molecule has 1 fully saturated rings. The zero-order chi connectivity index (χ0) is 10.6. The number of nitrogens with zero attached hydrogens (tertiary/aromatic N) is 1. The van der Waals surface area contributed by atoms with E-state index in [4.69, 9.17) is 0 Å². The highest BCUT2D eigenvalue weighted by Crippen LogP contribution is 2.15. The van der Waals surface area contributed by atoms with E-state index < -0.39 is 0 Å². The van der Waals surface area contributed by atoms with Crippen molar-refractivity contribution in [3.63, 3.8) is 0 Å². The van der Waals surface area contributed by atoms with Crippen molar-refractivity contribution in [1.29, 1.82) is 0 Å². The molecule has 1 amide bonds. The average Bonchev–Trinajstić information content (AvgIpc) is 2.42. The van der Waals surface area contributed by atoms with Gasteiger partial charge in [-0.1, -0.05) is 13.3 Å². The summed E-state index contributed by atoms with van der Waals surface area (Å²) in [7, 11) is 0. The van der Waals surface area contributed by atoms with Crippen molar-refractivity contribution < 1.29 is 4.79 Å². The highest BCUT2D eigenvalue weighted by molar-refractivity contribution is 7.98. The molecule has 14 heavy (non-hydrogen) atoms. The zero-order valence-electron chi connectivity index (χ0n) is 9.25. The normalized spacial score (nSPS) is 27.4. The molecule has 4 heteroatoms. The van der Waals surface area contributed by atoms with Crippen molar-refractivity contribution in [2.45, 2.75) is 38.9 Å². The summed E-state index contributed by atoms with van der Waals surface area (Å²) in [6.45, 7) is 4.98. The number of carbonyl (C=O) groups is 1. The maximum absolute atomic E-state index is 11.8. The Labute approximate surface area is 90.6 Å². The summed E-state index contributed by atoms with van der Waals surface area (Å²) >= 11 is 1.79. The molecule has 1 aliphatic heterocycles. The van der Waals surface area contributed by atoms with Crippen LogP contribution >= 0.6 is 11.8 Å². The van der Waals surface area contributed by atoms with Crippen molar-refractivity contribution in [3.8, 4) is 0 Å². The highest BCUT2D eigenvalue weighted by Gasteiger charge is 2.34. The van der Waals surface area contributed by atoms with Crippen LogP contribution in [0.15, 0.2) is 0 Å². The molecule has 1 heterocycles. The van der Waals surface area contributed by atoms with E-state index in [1.807, 2.05) is 11.8 Å². The smallest absolute Gasteiger partial charge is 0.240 e. The first-order chi connectivity index (χ1) is 6.70. The van der Waals surface area contributed by atoms with Gasteiger partial charge in [-0.15, -0.1) is 0 Å². The van der Waals surface area contributed by atoms with Crippen molar-refractivity contribution in [2.75, 3.05) is 18.6 Å². The lowest BCUT2D eigenvalue weighted by Crippen LogP contribution is -2.38. The van der Waals surface area contributed by atoms with E-state index in [0.717, 1.165) is 25.1 Å². The van der Waals surface area contributed by atoms with Gasteiger partial charge in [-0.25, -0.2) is 0 Å². The molecule has 1 rings (SSSR count). The number of rotatable bonds is 5. The molecule has 0 spiro atoms. The molecule has 3 nitrogen and oxygen atoms in total. The third-order valence-electron chi connectivity index (χ3n) is 2.57. The molecule has 0 radical (unpaired) electrons. The zero-order valence-corrected chi connectivity index (χ0v) is 10.1. The number of thioether (sulfide) groups is 1. The molecule has 0 aromatic carbocycles. The summed E-state index contributed by atoms with van der Waals surface area (Å²) in [5.41, 5.74) is 0. The number of amides is 1. The van der Waals surface area contributed by atoms with Crippen LogP contribution in [0.4, 0.5) is 0 Å². The monoisotopic (exact) mass is 216 g/mol. The topological polar surface area (TPSA) is 32.3 Å². The van der Waals surface area contributed by atoms with Gasteiger partial charge < -0.3 is 4.90 Å². The molecule has 0 aromatic heterocycles. The van der Waals surface area contributed by atoms with E-state index in [2.05, 4.69) is 18.5 Å². The SMILES string of the molecule is CCCC1NC(C)C(=O)N1CCSC. The Bertz CT molecular complexity index is 199. The molecule has 1 saturated heterocycles. The first-order valence-corrected chi connectivity index (χ1v) is 6.65. The Balaban J connectivity index is 2.52. The van der Waals surface area contributed by atoms with Crippen LogP contribution in [0.25, 0.3) is 0 Å². The van der Waals surface area contributed by atoms with E-state index in [9.17, 15) is 4.79 Å². The molecule has 0 saturated carbocycles. The Hall–Kier alpha value is -0.220. The molecular formula is C10H20N2OS. The minimum atomic E-state index is 0.00778. The van der Waals surface area contributed by atoms with Crippen LogP contribution in [0.5, 0.6) is 0 Å². The lowest BCUT2D eigenvalue weighted by atomic mass is 10.2. The summed E-state index contributed by atoms with van der Waals surface area (Å²) in [5, 5.41) is 3.33. The van der Waals surface area contributed by atoms with E-state index in [1.54, 1.807) is 11.8 Å². The number of carbonyl (C=O) groups excluding carboxylic acids is 1. The van der Waals surface area contributed by atoms with Crippen LogP contribution in [0.1, 0.15) is 26.7 Å². The van der Waals surface area contributed by atoms with Crippen LogP contribution in [-0.4, -0.2) is 41.6 Å². The van der Waals surface area contributed by atoms with Gasteiger partial charge in [0.05, 0.1) is 12.2 Å². The number of hydrogen-bond acceptors (Lipinski definition) is 3. The standard InChI is InChI=1S/C10H20N2OS/c1-4-5-9-11-8(2)10(13)12(9)6-7-14-3/h8-9,11H,4-7H2,1-3H3. The Morgan fingerprint density at radius 1 is 1.57 bits per heavy atom. The maximum atomic E-state index is 11.8. The molecule has 82 valence electrons. The lowest BCUT2D eigenvalue weighted by Gasteiger charge is -2.23. The Kier molecular flexibility index (Phi) is 4.75. The second-order valence-electron chi connectivity index (χ2n) is 3.72. The van der Waals surface area contributed by atoms with Crippen LogP contribution in [0.2, 0.25) is 0 Å². The summed E-state index contributed by atoms with van der Waals surface area (Å²) < 4.78 is 0. The average molecular weight is 216 g/mol. The first kappa shape index (κ1) is 11.9. The molecule has 1 N–H and O–H groups in total. The van der Waals surface area contributed by atoms with Crippen molar-refractivity contribution in [3.05, 3.63) is 0 Å². The minimum Gasteiger partial charge on any atom is -0.325 e. The molecule has 2 atom stereocenters. The van der Waals surface area contributed by atoms with Gasteiger partial charge in [0.15, 0.2) is 0 Å². The van der Waals surface area contributed by atoms with Crippen LogP contribution in [-0.2, 0) is 4.79 Å². The summed E-state index contributed by atoms with van der Waals surface area (Å²) in [6.07, 6.45) is 4.53. The largest absolute Gasteiger partial charge is 0.325 e. The Morgan fingerprint density at radius 2 is 2.29 bits per heavy atom. The summed E-state index contributed by atoms with van der Waals surface area (Å²) in [6, 6.07) is 0.00778. The van der Waals surface area contributed by atoms with Crippen molar-refractivity contribution in [1.82, 2.24) is 10.2 Å². The third-order valence-corrected chi connectivity index (χ3v) is 3.16. The molecule has 1 aliphatic rings. The summed E-state index contributed by atoms with van der Waals surface area (Å²) in [5.74, 6) is 1.29. The highest BCUT2D eigenvalue weighted by atomic mass is 32.2. The van der Waals surface area contributed by atoms with Crippen LogP contribution in [0, 0.1) is 0 Å². The van der Waals surface area contributed by atoms with E-state index >= 15 is 0 Å². The van der Waals surface area contributed by atoms with Gasteiger partial charge in [-0.2, -0.15) is 11.8 Å². The molecule has 0 bridgehead atoms. The first-order valence-electron chi connectivity index (χ1n) is 5.26. The molecule has 0 aliphatic carbocycles. The van der Waals surface area contributed by atoms with Crippen molar-refractivity contribution >= 4 is 17.7 Å². The van der Waals surface area contributed by atoms with E-state index in [1.165, 1.54) is 0 Å². The molecular weight excluding hydrogens is 196 g/mol. The number of hydrogen-bond donors (Lipinski definition) is 1. The second kappa shape index (κ2) is 5.61. The second-order valence-corrected chi connectivity index (χ2v) is 4.70. The van der Waals surface area contributed by atoms with Gasteiger partial charge in [0.1, 0.15) is 0 Å². The Morgan fingerprint density at radius 3 is 2.86 bits per heavy atom. The van der Waals surface area contributed by atoms with Gasteiger partial charge in [0.2, 0.25) is 5.91 Å². The quantitative estimate of drug-likeness (QED) is 0.752. The van der Waals surface area contributed by atoms with Crippen LogP contribution in [0.3, 0.4) is 0 Å². The lowest BCUT2D eigenvalue weighted by molar-refractivity contribution is -0.129. The van der Waals surface area contributed by atoms with Gasteiger partial charge in [-0.05, 0) is 19.6 Å². The van der Waals surface area contributed by atoms with Crippen molar-refractivity contribution in [2.24, 2.45) is 0 Å². The van der Waals surface area contributed by atoms with Gasteiger partial charge in [0, 0.05) is 12.3 Å². The van der Waals surface area contributed by atoms with Gasteiger partial charge >= 0.3 is 0 Å². The fourth-order valence-corrected chi connectivity index (χ4v) is 2.20. The molecule has 0 aromatic rings. The maximum Gasteiger partial charge on any atom is 0.240 e. The fraction of sp³-hybridized carbons (Fsp3) is 0.900. The predicted molar refractivity (Wildman–Crippen MR) is 61.4 cm³/mol.